The Bertz CT molecular complexity index is 573. The molecule has 0 saturated heterocycles. The van der Waals surface area contributed by atoms with Crippen LogP contribution in [0.3, 0.4) is 0 Å². The fourth-order valence-electron chi connectivity index (χ4n) is 2.08. The molecule has 2 rings (SSSR count). The zero-order valence-corrected chi connectivity index (χ0v) is 13.1. The molecule has 1 aliphatic carbocycles. The molecule has 1 fully saturated rings. The number of hydrogen-bond donors (Lipinski definition) is 2. The zero-order chi connectivity index (χ0) is 14.8. The van der Waals surface area contributed by atoms with E-state index < -0.39 is 10.0 Å². The quantitative estimate of drug-likeness (QED) is 0.810. The Morgan fingerprint density at radius 2 is 2.15 bits per heavy atom. The number of sulfonamides is 1. The number of methoxy groups -OCH3 is 1. The highest BCUT2D eigenvalue weighted by atomic mass is 35.5. The number of rotatable bonds is 7. The SMILES string of the molecule is COCC(Nc1ccc(NS(C)(=O)=O)c(Cl)c1)C1CC1. The highest BCUT2D eigenvalue weighted by Gasteiger charge is 2.31. The molecule has 1 unspecified atom stereocenters. The first-order valence-electron chi connectivity index (χ1n) is 6.42. The van der Waals surface area contributed by atoms with Gasteiger partial charge in [0.1, 0.15) is 0 Å². The van der Waals surface area contributed by atoms with Crippen molar-refractivity contribution in [2.24, 2.45) is 5.92 Å². The van der Waals surface area contributed by atoms with E-state index in [9.17, 15) is 8.42 Å². The molecule has 0 amide bonds. The molecule has 2 N–H and O–H groups in total. The van der Waals surface area contributed by atoms with Gasteiger partial charge in [0.05, 0.1) is 29.6 Å². The second-order valence-electron chi connectivity index (χ2n) is 5.11. The van der Waals surface area contributed by atoms with Gasteiger partial charge in [0, 0.05) is 12.8 Å². The summed E-state index contributed by atoms with van der Waals surface area (Å²) < 4.78 is 30.0. The van der Waals surface area contributed by atoms with Gasteiger partial charge < -0.3 is 10.1 Å². The van der Waals surface area contributed by atoms with Gasteiger partial charge in [0.25, 0.3) is 0 Å². The predicted octanol–water partition coefficient (Wildman–Crippen LogP) is 2.55. The minimum absolute atomic E-state index is 0.268. The summed E-state index contributed by atoms with van der Waals surface area (Å²) >= 11 is 6.09. The molecule has 1 aromatic carbocycles. The molecule has 0 spiro atoms. The van der Waals surface area contributed by atoms with E-state index in [2.05, 4.69) is 10.0 Å². The van der Waals surface area contributed by atoms with E-state index in [-0.39, 0.29) is 6.04 Å². The van der Waals surface area contributed by atoms with E-state index >= 15 is 0 Å². The maximum atomic E-state index is 11.2. The Morgan fingerprint density at radius 3 is 2.65 bits per heavy atom. The Morgan fingerprint density at radius 1 is 1.45 bits per heavy atom. The summed E-state index contributed by atoms with van der Waals surface area (Å²) in [5.74, 6) is 0.641. The lowest BCUT2D eigenvalue weighted by molar-refractivity contribution is 0.179. The van der Waals surface area contributed by atoms with Crippen LogP contribution in [0.1, 0.15) is 12.8 Å². The molecule has 0 aliphatic heterocycles. The van der Waals surface area contributed by atoms with Crippen molar-refractivity contribution in [1.82, 2.24) is 0 Å². The molecule has 1 saturated carbocycles. The standard InChI is InChI=1S/C13H19ClN2O3S/c1-19-8-13(9-3-4-9)15-10-5-6-12(11(14)7-10)16-20(2,17)18/h5-7,9,13,15-16H,3-4,8H2,1-2H3. The largest absolute Gasteiger partial charge is 0.383 e. The molecule has 1 atom stereocenters. The molecule has 112 valence electrons. The number of hydrogen-bond acceptors (Lipinski definition) is 4. The molecule has 0 heterocycles. The van der Waals surface area contributed by atoms with E-state index in [4.69, 9.17) is 16.3 Å². The topological polar surface area (TPSA) is 67.4 Å². The van der Waals surface area contributed by atoms with Crippen molar-refractivity contribution in [2.75, 3.05) is 30.0 Å². The van der Waals surface area contributed by atoms with Crippen molar-refractivity contribution in [3.05, 3.63) is 23.2 Å². The van der Waals surface area contributed by atoms with E-state index in [1.54, 1.807) is 19.2 Å². The summed E-state index contributed by atoms with van der Waals surface area (Å²) in [6, 6.07) is 5.46. The maximum absolute atomic E-state index is 11.2. The lowest BCUT2D eigenvalue weighted by Crippen LogP contribution is -2.27. The highest BCUT2D eigenvalue weighted by Crippen LogP contribution is 2.35. The number of ether oxygens (including phenoxy) is 1. The van der Waals surface area contributed by atoms with Crippen LogP contribution in [0.25, 0.3) is 0 Å². The molecule has 5 nitrogen and oxygen atoms in total. The molecule has 0 radical (unpaired) electrons. The highest BCUT2D eigenvalue weighted by molar-refractivity contribution is 7.92. The van der Waals surface area contributed by atoms with Gasteiger partial charge >= 0.3 is 0 Å². The van der Waals surface area contributed by atoms with Crippen LogP contribution in [0.2, 0.25) is 5.02 Å². The second-order valence-corrected chi connectivity index (χ2v) is 7.27. The molecule has 7 heteroatoms. The van der Waals surface area contributed by atoms with Gasteiger partial charge in [-0.25, -0.2) is 8.42 Å². The third-order valence-electron chi connectivity index (χ3n) is 3.15. The van der Waals surface area contributed by atoms with Crippen molar-refractivity contribution in [3.8, 4) is 0 Å². The van der Waals surface area contributed by atoms with E-state index in [1.807, 2.05) is 6.07 Å². The summed E-state index contributed by atoms with van der Waals surface area (Å²) in [6.45, 7) is 0.644. The van der Waals surface area contributed by atoms with Crippen LogP contribution >= 0.6 is 11.6 Å². The summed E-state index contributed by atoms with van der Waals surface area (Å²) in [7, 11) is -1.64. The second kappa shape index (κ2) is 6.20. The van der Waals surface area contributed by atoms with E-state index in [1.165, 1.54) is 12.8 Å². The summed E-state index contributed by atoms with van der Waals surface area (Å²) in [4.78, 5) is 0. The Kier molecular flexibility index (Phi) is 4.78. The Labute approximate surface area is 124 Å². The normalized spacial score (nSPS) is 16.8. The minimum atomic E-state index is -3.32. The average Bonchev–Trinajstić information content (AvgIpc) is 3.14. The van der Waals surface area contributed by atoms with Crippen LogP contribution in [-0.2, 0) is 14.8 Å². The Hall–Kier alpha value is -0.980. The van der Waals surface area contributed by atoms with Crippen LogP contribution in [-0.4, -0.2) is 34.4 Å². The molecule has 1 aromatic rings. The van der Waals surface area contributed by atoms with E-state index in [0.29, 0.717) is 23.2 Å². The van der Waals surface area contributed by atoms with Crippen LogP contribution in [0.4, 0.5) is 11.4 Å². The van der Waals surface area contributed by atoms with Crippen molar-refractivity contribution < 1.29 is 13.2 Å². The number of anilines is 2. The molecule has 0 aromatic heterocycles. The molecule has 0 bridgehead atoms. The van der Waals surface area contributed by atoms with Crippen molar-refractivity contribution >= 4 is 33.0 Å². The van der Waals surface area contributed by atoms with Crippen molar-refractivity contribution in [2.45, 2.75) is 18.9 Å². The molecule has 20 heavy (non-hydrogen) atoms. The summed E-state index contributed by atoms with van der Waals surface area (Å²) in [5.41, 5.74) is 1.25. The van der Waals surface area contributed by atoms with E-state index in [0.717, 1.165) is 11.9 Å². The van der Waals surface area contributed by atoms with Gasteiger partial charge in [-0.15, -0.1) is 0 Å². The molecular formula is C13H19ClN2O3S. The predicted molar refractivity (Wildman–Crippen MR) is 81.9 cm³/mol. The summed E-state index contributed by atoms with van der Waals surface area (Å²) in [6.07, 6.45) is 3.52. The monoisotopic (exact) mass is 318 g/mol. The average molecular weight is 319 g/mol. The van der Waals surface area contributed by atoms with Crippen LogP contribution in [0, 0.1) is 5.92 Å². The van der Waals surface area contributed by atoms with Gasteiger partial charge in [0.15, 0.2) is 0 Å². The number of halogens is 1. The smallest absolute Gasteiger partial charge is 0.229 e. The first kappa shape index (κ1) is 15.4. The van der Waals surface area contributed by atoms with Crippen LogP contribution < -0.4 is 10.0 Å². The third-order valence-corrected chi connectivity index (χ3v) is 4.06. The lowest BCUT2D eigenvalue weighted by atomic mass is 10.2. The Balaban J connectivity index is 2.08. The van der Waals surface area contributed by atoms with Crippen LogP contribution in [0.5, 0.6) is 0 Å². The molecule has 1 aliphatic rings. The van der Waals surface area contributed by atoms with Gasteiger partial charge in [-0.3, -0.25) is 4.72 Å². The third kappa shape index (κ3) is 4.54. The van der Waals surface area contributed by atoms with Crippen molar-refractivity contribution in [3.63, 3.8) is 0 Å². The van der Waals surface area contributed by atoms with Gasteiger partial charge in [-0.2, -0.15) is 0 Å². The maximum Gasteiger partial charge on any atom is 0.229 e. The van der Waals surface area contributed by atoms with Crippen LogP contribution in [0.15, 0.2) is 18.2 Å². The first-order chi connectivity index (χ1) is 9.39. The zero-order valence-electron chi connectivity index (χ0n) is 11.5. The number of benzene rings is 1. The fraction of sp³-hybridized carbons (Fsp3) is 0.538. The number of nitrogens with one attached hydrogen (secondary N) is 2. The first-order valence-corrected chi connectivity index (χ1v) is 8.69. The minimum Gasteiger partial charge on any atom is -0.383 e. The lowest BCUT2D eigenvalue weighted by Gasteiger charge is -2.19. The fourth-order valence-corrected chi connectivity index (χ4v) is 2.94. The van der Waals surface area contributed by atoms with Gasteiger partial charge in [-0.1, -0.05) is 11.6 Å². The molecular weight excluding hydrogens is 300 g/mol. The van der Waals surface area contributed by atoms with Crippen molar-refractivity contribution in [1.29, 1.82) is 0 Å². The summed E-state index contributed by atoms with van der Waals surface area (Å²) in [5, 5.41) is 3.75. The van der Waals surface area contributed by atoms with Gasteiger partial charge in [-0.05, 0) is 37.0 Å². The van der Waals surface area contributed by atoms with Gasteiger partial charge in [0.2, 0.25) is 10.0 Å².